The standard InChI is InChI=1S/C42H24N4O/c47-42-30-17-8-7-16-29(30)31-23-28(24-32-40(31)46(42)41(43-32)26-11-3-1-4-12-26)45-35-20-10-19-34-38(35)39-36(45)22-21-25-13-9-18-33(37(25)39)44(34)27-14-5-2-6-15-27/h1-24H. The number of aromatic nitrogens is 3. The molecule has 0 radical (unpaired) electrons. The van der Waals surface area contributed by atoms with E-state index in [-0.39, 0.29) is 5.56 Å². The Hall–Kier alpha value is -6.46. The SMILES string of the molecule is O=c1c2ccccc2c2cc(-n3c4cccc5c4c4c6c(cccc6ccc43)N5c3ccccc3)cc3nc(-c4ccccc4)n1c32. The monoisotopic (exact) mass is 600 g/mol. The van der Waals surface area contributed by atoms with Crippen LogP contribution in [0.3, 0.4) is 0 Å². The molecule has 0 saturated carbocycles. The van der Waals surface area contributed by atoms with Gasteiger partial charge in [-0.2, -0.15) is 0 Å². The Labute approximate surface area is 268 Å². The molecule has 0 fully saturated rings. The van der Waals surface area contributed by atoms with Crippen molar-refractivity contribution in [1.82, 2.24) is 14.0 Å². The van der Waals surface area contributed by atoms with Gasteiger partial charge in [-0.25, -0.2) is 4.98 Å². The molecule has 5 heteroatoms. The average Bonchev–Trinajstić information content (AvgIpc) is 3.69. The third-order valence-corrected chi connectivity index (χ3v) is 9.93. The second kappa shape index (κ2) is 8.83. The summed E-state index contributed by atoms with van der Waals surface area (Å²) in [6, 6.07) is 50.7. The Bertz CT molecular complexity index is 2980. The summed E-state index contributed by atoms with van der Waals surface area (Å²) in [6.45, 7) is 0. The molecule has 3 aromatic heterocycles. The first-order chi connectivity index (χ1) is 23.3. The zero-order valence-electron chi connectivity index (χ0n) is 25.1. The largest absolute Gasteiger partial charge is 0.309 e. The molecule has 0 aliphatic carbocycles. The molecule has 0 unspecified atom stereocenters. The van der Waals surface area contributed by atoms with Crippen molar-refractivity contribution in [3.05, 3.63) is 156 Å². The summed E-state index contributed by atoms with van der Waals surface area (Å²) in [5, 5.41) is 7.59. The minimum Gasteiger partial charge on any atom is -0.309 e. The summed E-state index contributed by atoms with van der Waals surface area (Å²) < 4.78 is 4.19. The van der Waals surface area contributed by atoms with Gasteiger partial charge in [0.15, 0.2) is 0 Å². The quantitative estimate of drug-likeness (QED) is 0.190. The average molecular weight is 601 g/mol. The zero-order chi connectivity index (χ0) is 30.8. The molecule has 218 valence electrons. The highest BCUT2D eigenvalue weighted by molar-refractivity contribution is 6.31. The third-order valence-electron chi connectivity index (χ3n) is 9.93. The number of pyridine rings is 1. The van der Waals surface area contributed by atoms with Gasteiger partial charge < -0.3 is 9.47 Å². The predicted octanol–water partition coefficient (Wildman–Crippen LogP) is 10.1. The molecule has 7 aromatic carbocycles. The van der Waals surface area contributed by atoms with Crippen LogP contribution in [0, 0.1) is 0 Å². The van der Waals surface area contributed by atoms with Gasteiger partial charge in [-0.05, 0) is 65.4 Å². The van der Waals surface area contributed by atoms with Gasteiger partial charge in [-0.15, -0.1) is 0 Å². The minimum atomic E-state index is -0.0467. The fraction of sp³-hybridized carbons (Fsp3) is 0. The van der Waals surface area contributed by atoms with Crippen LogP contribution in [-0.2, 0) is 0 Å². The van der Waals surface area contributed by atoms with E-state index < -0.39 is 0 Å². The van der Waals surface area contributed by atoms with Gasteiger partial charge in [-0.3, -0.25) is 9.20 Å². The van der Waals surface area contributed by atoms with E-state index >= 15 is 0 Å². The highest BCUT2D eigenvalue weighted by atomic mass is 16.1. The maximum atomic E-state index is 14.0. The van der Waals surface area contributed by atoms with Crippen molar-refractivity contribution in [2.75, 3.05) is 4.90 Å². The lowest BCUT2D eigenvalue weighted by Crippen LogP contribution is -2.14. The molecule has 0 amide bonds. The second-order valence-electron chi connectivity index (χ2n) is 12.4. The molecule has 11 rings (SSSR count). The maximum absolute atomic E-state index is 14.0. The summed E-state index contributed by atoms with van der Waals surface area (Å²) in [5.41, 5.74) is 9.30. The molecule has 0 saturated heterocycles. The van der Waals surface area contributed by atoms with Crippen LogP contribution in [0.2, 0.25) is 0 Å². The normalized spacial score (nSPS) is 12.7. The summed E-state index contributed by atoms with van der Waals surface area (Å²) >= 11 is 0. The number of para-hydroxylation sites is 1. The molecule has 4 heterocycles. The van der Waals surface area contributed by atoms with Gasteiger partial charge in [0.2, 0.25) is 0 Å². The summed E-state index contributed by atoms with van der Waals surface area (Å²) in [4.78, 5) is 21.6. The molecule has 1 aliphatic heterocycles. The molecule has 1 aliphatic rings. The van der Waals surface area contributed by atoms with Gasteiger partial charge in [0.05, 0.1) is 33.4 Å². The Kier molecular flexibility index (Phi) is 4.66. The topological polar surface area (TPSA) is 42.5 Å². The smallest absolute Gasteiger partial charge is 0.264 e. The molecule has 0 bridgehead atoms. The van der Waals surface area contributed by atoms with E-state index in [9.17, 15) is 4.79 Å². The van der Waals surface area contributed by atoms with E-state index in [0.29, 0.717) is 11.2 Å². The van der Waals surface area contributed by atoms with Crippen LogP contribution in [0.25, 0.3) is 76.8 Å². The Balaban J connectivity index is 1.31. The number of anilines is 3. The number of fused-ring (bicyclic) bond motifs is 2. The van der Waals surface area contributed by atoms with E-state index in [1.807, 2.05) is 52.9 Å². The minimum absolute atomic E-state index is 0.0467. The lowest BCUT2D eigenvalue weighted by molar-refractivity contribution is 1.13. The van der Waals surface area contributed by atoms with Gasteiger partial charge in [0, 0.05) is 43.9 Å². The number of imidazole rings is 1. The molecule has 0 N–H and O–H groups in total. The van der Waals surface area contributed by atoms with Crippen molar-refractivity contribution in [3.8, 4) is 17.1 Å². The molecule has 47 heavy (non-hydrogen) atoms. The molecular weight excluding hydrogens is 576 g/mol. The fourth-order valence-corrected chi connectivity index (χ4v) is 8.06. The fourth-order valence-electron chi connectivity index (χ4n) is 8.06. The number of benzene rings is 7. The van der Waals surface area contributed by atoms with Crippen molar-refractivity contribution in [3.63, 3.8) is 0 Å². The van der Waals surface area contributed by atoms with Gasteiger partial charge in [-0.1, -0.05) is 91.0 Å². The van der Waals surface area contributed by atoms with Crippen molar-refractivity contribution in [1.29, 1.82) is 0 Å². The molecule has 0 spiro atoms. The van der Waals surface area contributed by atoms with Crippen molar-refractivity contribution < 1.29 is 0 Å². The summed E-state index contributed by atoms with van der Waals surface area (Å²) in [5.74, 6) is 0.662. The molecule has 5 nitrogen and oxygen atoms in total. The highest BCUT2D eigenvalue weighted by Gasteiger charge is 2.29. The lowest BCUT2D eigenvalue weighted by atomic mass is 9.96. The van der Waals surface area contributed by atoms with Crippen LogP contribution in [-0.4, -0.2) is 14.0 Å². The van der Waals surface area contributed by atoms with Gasteiger partial charge in [0.1, 0.15) is 5.82 Å². The Morgan fingerprint density at radius 2 is 1.21 bits per heavy atom. The van der Waals surface area contributed by atoms with E-state index in [2.05, 4.69) is 107 Å². The van der Waals surface area contributed by atoms with E-state index in [1.165, 1.54) is 27.2 Å². The van der Waals surface area contributed by atoms with Crippen LogP contribution in [0.1, 0.15) is 0 Å². The first-order valence-electron chi connectivity index (χ1n) is 15.9. The van der Waals surface area contributed by atoms with Crippen LogP contribution >= 0.6 is 0 Å². The van der Waals surface area contributed by atoms with Crippen molar-refractivity contribution in [2.45, 2.75) is 0 Å². The van der Waals surface area contributed by atoms with E-state index in [1.54, 1.807) is 0 Å². The van der Waals surface area contributed by atoms with Crippen molar-refractivity contribution in [2.24, 2.45) is 0 Å². The second-order valence-corrected chi connectivity index (χ2v) is 12.4. The van der Waals surface area contributed by atoms with E-state index in [4.69, 9.17) is 4.98 Å². The van der Waals surface area contributed by atoms with Crippen LogP contribution in [0.4, 0.5) is 17.1 Å². The van der Waals surface area contributed by atoms with E-state index in [0.717, 1.165) is 55.5 Å². The zero-order valence-corrected chi connectivity index (χ0v) is 25.1. The van der Waals surface area contributed by atoms with Crippen LogP contribution in [0.5, 0.6) is 0 Å². The highest BCUT2D eigenvalue weighted by Crippen LogP contribution is 2.52. The number of hydrogen-bond acceptors (Lipinski definition) is 3. The van der Waals surface area contributed by atoms with Gasteiger partial charge in [0.25, 0.3) is 5.56 Å². The van der Waals surface area contributed by atoms with Crippen LogP contribution < -0.4 is 10.5 Å². The maximum Gasteiger partial charge on any atom is 0.264 e. The molecular formula is C42H24N4O. The molecule has 10 aromatic rings. The Morgan fingerprint density at radius 1 is 0.511 bits per heavy atom. The number of nitrogens with zero attached hydrogens (tertiary/aromatic N) is 4. The first-order valence-corrected chi connectivity index (χ1v) is 15.9. The van der Waals surface area contributed by atoms with Crippen molar-refractivity contribution >= 4 is 76.8 Å². The predicted molar refractivity (Wildman–Crippen MR) is 193 cm³/mol. The number of rotatable bonds is 3. The number of hydrogen-bond donors (Lipinski definition) is 0. The van der Waals surface area contributed by atoms with Gasteiger partial charge >= 0.3 is 0 Å². The Morgan fingerprint density at radius 3 is 2.04 bits per heavy atom. The third kappa shape index (κ3) is 3.12. The summed E-state index contributed by atoms with van der Waals surface area (Å²) in [7, 11) is 0. The molecule has 0 atom stereocenters. The lowest BCUT2D eigenvalue weighted by Gasteiger charge is -2.30. The van der Waals surface area contributed by atoms with Crippen LogP contribution in [0.15, 0.2) is 150 Å². The summed E-state index contributed by atoms with van der Waals surface area (Å²) in [6.07, 6.45) is 0. The first kappa shape index (κ1) is 24.8.